The van der Waals surface area contributed by atoms with Gasteiger partial charge in [-0.1, -0.05) is 0 Å². The average Bonchev–Trinajstić information content (AvgIpc) is 2.43. The number of hydrogen-bond acceptors (Lipinski definition) is 2. The molecule has 2 atom stereocenters. The average molecular weight is 141 g/mol. The third kappa shape index (κ3) is 1.56. The molecule has 2 unspecified atom stereocenters. The minimum Gasteiger partial charge on any atom is -0.353 e. The Morgan fingerprint density at radius 3 is 2.30 bits per heavy atom. The van der Waals surface area contributed by atoms with Crippen LogP contribution in [0.1, 0.15) is 20.3 Å². The van der Waals surface area contributed by atoms with Crippen molar-refractivity contribution in [1.82, 2.24) is 5.32 Å². The summed E-state index contributed by atoms with van der Waals surface area (Å²) in [5.41, 5.74) is 0. The first-order chi connectivity index (χ1) is 4.61. The van der Waals surface area contributed by atoms with E-state index in [0.29, 0.717) is 0 Å². The standard InChI is InChI=1S/C7H11NO2/c1-4(9)6-3-7(6)8-5(2)10/h6-7H,3H2,1-2H3,(H,8,10). The molecule has 0 aromatic rings. The van der Waals surface area contributed by atoms with Gasteiger partial charge in [0.2, 0.25) is 5.91 Å². The molecule has 3 nitrogen and oxygen atoms in total. The molecule has 1 amide bonds. The van der Waals surface area contributed by atoms with Crippen molar-refractivity contribution in [2.24, 2.45) is 5.92 Å². The molecule has 0 aliphatic heterocycles. The first-order valence-electron chi connectivity index (χ1n) is 3.39. The fraction of sp³-hybridized carbons (Fsp3) is 0.714. The van der Waals surface area contributed by atoms with Crippen LogP contribution in [-0.4, -0.2) is 17.7 Å². The van der Waals surface area contributed by atoms with Crippen LogP contribution in [0.5, 0.6) is 0 Å². The Morgan fingerprint density at radius 2 is 2.00 bits per heavy atom. The summed E-state index contributed by atoms with van der Waals surface area (Å²) in [6.45, 7) is 3.03. The van der Waals surface area contributed by atoms with Crippen LogP contribution in [0.3, 0.4) is 0 Å². The predicted octanol–water partition coefficient (Wildman–Crippen LogP) is 0.100. The molecule has 1 aliphatic carbocycles. The van der Waals surface area contributed by atoms with E-state index in [1.807, 2.05) is 0 Å². The fourth-order valence-corrected chi connectivity index (χ4v) is 1.06. The Bertz CT molecular complexity index is 176. The van der Waals surface area contributed by atoms with Crippen molar-refractivity contribution in [2.75, 3.05) is 0 Å². The molecule has 1 N–H and O–H groups in total. The number of carbonyl (C=O) groups is 2. The van der Waals surface area contributed by atoms with Gasteiger partial charge in [0.1, 0.15) is 5.78 Å². The molecule has 0 saturated heterocycles. The molecule has 56 valence electrons. The van der Waals surface area contributed by atoms with Crippen LogP contribution in [0.4, 0.5) is 0 Å². The molecule has 0 spiro atoms. The molecular formula is C7H11NO2. The van der Waals surface area contributed by atoms with E-state index in [1.165, 1.54) is 6.92 Å². The molecule has 1 rings (SSSR count). The summed E-state index contributed by atoms with van der Waals surface area (Å²) < 4.78 is 0. The first kappa shape index (κ1) is 7.25. The predicted molar refractivity (Wildman–Crippen MR) is 36.4 cm³/mol. The number of nitrogens with one attached hydrogen (secondary N) is 1. The largest absolute Gasteiger partial charge is 0.353 e. The van der Waals surface area contributed by atoms with E-state index in [2.05, 4.69) is 5.32 Å². The summed E-state index contributed by atoms with van der Waals surface area (Å²) in [6.07, 6.45) is 0.828. The molecule has 0 radical (unpaired) electrons. The minimum absolute atomic E-state index is 0.0475. The van der Waals surface area contributed by atoms with Gasteiger partial charge in [-0.2, -0.15) is 0 Å². The van der Waals surface area contributed by atoms with Crippen molar-refractivity contribution in [3.63, 3.8) is 0 Å². The van der Waals surface area contributed by atoms with Crippen molar-refractivity contribution in [3.8, 4) is 0 Å². The van der Waals surface area contributed by atoms with Crippen molar-refractivity contribution in [2.45, 2.75) is 26.3 Å². The Labute approximate surface area is 59.8 Å². The number of hydrogen-bond donors (Lipinski definition) is 1. The minimum atomic E-state index is -0.0475. The highest BCUT2D eigenvalue weighted by atomic mass is 16.1. The second-order valence-electron chi connectivity index (χ2n) is 2.76. The second kappa shape index (κ2) is 2.40. The number of Topliss-reactive ketones (excluding diaryl/α,β-unsaturated/α-hetero) is 1. The zero-order chi connectivity index (χ0) is 7.72. The smallest absolute Gasteiger partial charge is 0.217 e. The van der Waals surface area contributed by atoms with Gasteiger partial charge in [-0.25, -0.2) is 0 Å². The number of rotatable bonds is 2. The zero-order valence-electron chi connectivity index (χ0n) is 6.18. The van der Waals surface area contributed by atoms with Crippen LogP contribution in [0.15, 0.2) is 0 Å². The van der Waals surface area contributed by atoms with E-state index in [1.54, 1.807) is 6.92 Å². The van der Waals surface area contributed by atoms with Crippen molar-refractivity contribution >= 4 is 11.7 Å². The van der Waals surface area contributed by atoms with Gasteiger partial charge < -0.3 is 5.32 Å². The van der Waals surface area contributed by atoms with Gasteiger partial charge in [-0.15, -0.1) is 0 Å². The Kier molecular flexibility index (Phi) is 1.74. The van der Waals surface area contributed by atoms with E-state index in [-0.39, 0.29) is 23.7 Å². The zero-order valence-corrected chi connectivity index (χ0v) is 6.18. The van der Waals surface area contributed by atoms with Crippen molar-refractivity contribution in [3.05, 3.63) is 0 Å². The van der Waals surface area contributed by atoms with Crippen LogP contribution >= 0.6 is 0 Å². The number of ketones is 1. The normalized spacial score (nSPS) is 29.4. The SMILES string of the molecule is CC(=O)NC1CC1C(C)=O. The van der Waals surface area contributed by atoms with Gasteiger partial charge in [0.15, 0.2) is 0 Å². The van der Waals surface area contributed by atoms with E-state index < -0.39 is 0 Å². The Morgan fingerprint density at radius 1 is 1.40 bits per heavy atom. The molecule has 0 aromatic carbocycles. The quantitative estimate of drug-likeness (QED) is 0.592. The lowest BCUT2D eigenvalue weighted by molar-refractivity contribution is -0.119. The maximum absolute atomic E-state index is 10.6. The molecule has 0 heterocycles. The molecule has 0 bridgehead atoms. The van der Waals surface area contributed by atoms with Crippen molar-refractivity contribution in [1.29, 1.82) is 0 Å². The maximum atomic E-state index is 10.6. The Balaban J connectivity index is 2.26. The molecular weight excluding hydrogens is 130 g/mol. The van der Waals surface area contributed by atoms with E-state index in [0.717, 1.165) is 6.42 Å². The van der Waals surface area contributed by atoms with Crippen LogP contribution < -0.4 is 5.32 Å². The summed E-state index contributed by atoms with van der Waals surface area (Å²) >= 11 is 0. The lowest BCUT2D eigenvalue weighted by Gasteiger charge is -1.96. The third-order valence-corrected chi connectivity index (χ3v) is 1.70. The second-order valence-corrected chi connectivity index (χ2v) is 2.76. The summed E-state index contributed by atoms with van der Waals surface area (Å²) in [7, 11) is 0. The molecule has 1 aliphatic rings. The van der Waals surface area contributed by atoms with Gasteiger partial charge in [0, 0.05) is 18.9 Å². The fourth-order valence-electron chi connectivity index (χ4n) is 1.06. The summed E-state index contributed by atoms with van der Waals surface area (Å²) in [5.74, 6) is 0.233. The third-order valence-electron chi connectivity index (χ3n) is 1.70. The topological polar surface area (TPSA) is 46.2 Å². The molecule has 1 fully saturated rings. The monoisotopic (exact) mass is 141 g/mol. The molecule has 3 heteroatoms. The van der Waals surface area contributed by atoms with Crippen molar-refractivity contribution < 1.29 is 9.59 Å². The van der Waals surface area contributed by atoms with Gasteiger partial charge in [0.05, 0.1) is 0 Å². The highest BCUT2D eigenvalue weighted by molar-refractivity contribution is 5.83. The van der Waals surface area contributed by atoms with Crippen LogP contribution in [-0.2, 0) is 9.59 Å². The Hall–Kier alpha value is -0.860. The van der Waals surface area contributed by atoms with Gasteiger partial charge >= 0.3 is 0 Å². The molecule has 1 saturated carbocycles. The number of amides is 1. The molecule has 0 aromatic heterocycles. The van der Waals surface area contributed by atoms with Gasteiger partial charge in [-0.05, 0) is 13.3 Å². The van der Waals surface area contributed by atoms with E-state index >= 15 is 0 Å². The van der Waals surface area contributed by atoms with Crippen LogP contribution in [0.2, 0.25) is 0 Å². The lowest BCUT2D eigenvalue weighted by atomic mass is 10.3. The first-order valence-corrected chi connectivity index (χ1v) is 3.39. The van der Waals surface area contributed by atoms with Gasteiger partial charge in [-0.3, -0.25) is 9.59 Å². The highest BCUT2D eigenvalue weighted by Gasteiger charge is 2.41. The summed E-state index contributed by atoms with van der Waals surface area (Å²) in [5, 5.41) is 2.69. The van der Waals surface area contributed by atoms with Gasteiger partial charge in [0.25, 0.3) is 0 Å². The van der Waals surface area contributed by atoms with E-state index in [4.69, 9.17) is 0 Å². The number of carbonyl (C=O) groups excluding carboxylic acids is 2. The molecule has 10 heavy (non-hydrogen) atoms. The summed E-state index contributed by atoms with van der Waals surface area (Å²) in [6, 6.07) is 0.134. The summed E-state index contributed by atoms with van der Waals surface area (Å²) in [4.78, 5) is 21.1. The van der Waals surface area contributed by atoms with E-state index in [9.17, 15) is 9.59 Å². The van der Waals surface area contributed by atoms with Crippen LogP contribution in [0, 0.1) is 5.92 Å². The highest BCUT2D eigenvalue weighted by Crippen LogP contribution is 2.30. The maximum Gasteiger partial charge on any atom is 0.217 e. The van der Waals surface area contributed by atoms with Crippen LogP contribution in [0.25, 0.3) is 0 Å². The lowest BCUT2D eigenvalue weighted by Crippen LogP contribution is -2.24.